The van der Waals surface area contributed by atoms with Crippen LogP contribution in [0, 0.1) is 17.8 Å². The summed E-state index contributed by atoms with van der Waals surface area (Å²) in [6.07, 6.45) is 5.88. The minimum absolute atomic E-state index is 0. The number of carbonyl (C=O) groups excluding carboxylic acids is 1. The molecule has 0 aromatic carbocycles. The Morgan fingerprint density at radius 2 is 1.81 bits per heavy atom. The van der Waals surface area contributed by atoms with E-state index in [0.29, 0.717) is 35.1 Å². The third-order valence-electron chi connectivity index (χ3n) is 5.93. The molecule has 0 aromatic heterocycles. The van der Waals surface area contributed by atoms with Crippen LogP contribution in [0.4, 0.5) is 0 Å². The highest BCUT2D eigenvalue weighted by Crippen LogP contribution is 2.43. The van der Waals surface area contributed by atoms with E-state index in [0.717, 1.165) is 25.1 Å². The summed E-state index contributed by atoms with van der Waals surface area (Å²) >= 11 is 2.00. The van der Waals surface area contributed by atoms with Crippen LogP contribution < -0.4 is 5.73 Å². The Balaban J connectivity index is 0.00000161. The van der Waals surface area contributed by atoms with Crippen LogP contribution in [0.2, 0.25) is 0 Å². The van der Waals surface area contributed by atoms with Gasteiger partial charge in [-0.25, -0.2) is 0 Å². The highest BCUT2D eigenvalue weighted by atomic mass is 35.5. The lowest BCUT2D eigenvalue weighted by molar-refractivity contribution is -0.140. The Morgan fingerprint density at radius 1 is 1.19 bits per heavy atom. The topological polar surface area (TPSA) is 46.3 Å². The first kappa shape index (κ1) is 17.4. The molecule has 1 heterocycles. The molecule has 21 heavy (non-hydrogen) atoms. The van der Waals surface area contributed by atoms with Gasteiger partial charge < -0.3 is 10.6 Å². The summed E-state index contributed by atoms with van der Waals surface area (Å²) in [6.45, 7) is 5.40. The fourth-order valence-electron chi connectivity index (χ4n) is 4.47. The van der Waals surface area contributed by atoms with E-state index in [9.17, 15) is 4.79 Å². The number of fused-ring (bicyclic) bond motifs is 2. The first-order valence-electron chi connectivity index (χ1n) is 8.25. The van der Waals surface area contributed by atoms with Gasteiger partial charge in [0.2, 0.25) is 5.91 Å². The predicted octanol–water partition coefficient (Wildman–Crippen LogP) is 2.91. The average Bonchev–Trinajstić information content (AvgIpc) is 2.41. The highest BCUT2D eigenvalue weighted by Gasteiger charge is 2.42. The molecule has 0 radical (unpaired) electrons. The molecule has 3 fully saturated rings. The van der Waals surface area contributed by atoms with E-state index in [1.165, 1.54) is 19.3 Å². The van der Waals surface area contributed by atoms with Gasteiger partial charge in [0.05, 0.1) is 0 Å². The number of hydrogen-bond acceptors (Lipinski definition) is 3. The van der Waals surface area contributed by atoms with Crippen molar-refractivity contribution in [3.8, 4) is 0 Å². The molecule has 0 aromatic rings. The Labute approximate surface area is 139 Å². The Hall–Kier alpha value is 0.0700. The molecule has 3 aliphatic rings. The number of thioether (sulfide) groups is 1. The summed E-state index contributed by atoms with van der Waals surface area (Å²) < 4.78 is 0. The maximum atomic E-state index is 12.9. The summed E-state index contributed by atoms with van der Waals surface area (Å²) in [6, 6.07) is 0.748. The zero-order chi connectivity index (χ0) is 14.3. The van der Waals surface area contributed by atoms with E-state index in [4.69, 9.17) is 5.73 Å². The number of nitrogens with two attached hydrogens (primary N) is 1. The summed E-state index contributed by atoms with van der Waals surface area (Å²) in [5.41, 5.74) is 6.35. The third-order valence-corrected chi connectivity index (χ3v) is 7.27. The molecule has 3 rings (SSSR count). The van der Waals surface area contributed by atoms with Gasteiger partial charge in [0.1, 0.15) is 0 Å². The molecule has 2 aliphatic carbocycles. The van der Waals surface area contributed by atoms with Gasteiger partial charge in [-0.1, -0.05) is 13.3 Å². The molecule has 1 amide bonds. The van der Waals surface area contributed by atoms with Crippen LogP contribution in [0.25, 0.3) is 0 Å². The molecule has 5 heteroatoms. The highest BCUT2D eigenvalue weighted by molar-refractivity contribution is 8.00. The summed E-state index contributed by atoms with van der Waals surface area (Å²) in [7, 11) is 0. The summed E-state index contributed by atoms with van der Waals surface area (Å²) in [5.74, 6) is 2.97. The van der Waals surface area contributed by atoms with E-state index in [1.54, 1.807) is 0 Å². The second kappa shape index (κ2) is 7.10. The average molecular weight is 333 g/mol. The van der Waals surface area contributed by atoms with Crippen molar-refractivity contribution in [3.05, 3.63) is 0 Å². The molecular formula is C16H29ClN2OS. The molecule has 4 unspecified atom stereocenters. The van der Waals surface area contributed by atoms with Crippen LogP contribution in [0.1, 0.15) is 46.0 Å². The van der Waals surface area contributed by atoms with Crippen LogP contribution in [0.5, 0.6) is 0 Å². The van der Waals surface area contributed by atoms with Gasteiger partial charge in [-0.3, -0.25) is 4.79 Å². The minimum atomic E-state index is 0. The van der Waals surface area contributed by atoms with E-state index in [-0.39, 0.29) is 18.3 Å². The Kier molecular flexibility index (Phi) is 5.89. The first-order chi connectivity index (χ1) is 9.58. The second-order valence-corrected chi connectivity index (χ2v) is 8.53. The summed E-state index contributed by atoms with van der Waals surface area (Å²) in [4.78, 5) is 15.1. The van der Waals surface area contributed by atoms with Gasteiger partial charge in [-0.15, -0.1) is 12.4 Å². The van der Waals surface area contributed by atoms with Crippen molar-refractivity contribution >= 4 is 30.1 Å². The standard InChI is InChI=1S/C16H28N2OS.ClH/c1-10-11(2)20-7-6-18(10)16(19)14-8-12-4-3-5-13(9-14)15(12)17;/h10-15H,3-9,17H2,1-2H3;1H. The number of carbonyl (C=O) groups is 1. The van der Waals surface area contributed by atoms with Crippen LogP contribution in [0.3, 0.4) is 0 Å². The van der Waals surface area contributed by atoms with Crippen molar-refractivity contribution < 1.29 is 4.79 Å². The van der Waals surface area contributed by atoms with E-state index >= 15 is 0 Å². The van der Waals surface area contributed by atoms with E-state index in [2.05, 4.69) is 18.7 Å². The van der Waals surface area contributed by atoms with Gasteiger partial charge in [0, 0.05) is 35.5 Å². The molecule has 0 spiro atoms. The van der Waals surface area contributed by atoms with Crippen LogP contribution in [-0.4, -0.2) is 40.4 Å². The smallest absolute Gasteiger partial charge is 0.226 e. The normalized spacial score (nSPS) is 43.1. The molecule has 2 bridgehead atoms. The lowest BCUT2D eigenvalue weighted by Crippen LogP contribution is -2.54. The van der Waals surface area contributed by atoms with Crippen molar-refractivity contribution in [2.75, 3.05) is 12.3 Å². The zero-order valence-corrected chi connectivity index (χ0v) is 14.8. The number of nitrogens with zero attached hydrogens (tertiary/aromatic N) is 1. The molecule has 1 aliphatic heterocycles. The van der Waals surface area contributed by atoms with Crippen LogP contribution in [-0.2, 0) is 4.79 Å². The molecule has 2 N–H and O–H groups in total. The van der Waals surface area contributed by atoms with Crippen LogP contribution in [0.15, 0.2) is 0 Å². The summed E-state index contributed by atoms with van der Waals surface area (Å²) in [5, 5.41) is 0.568. The van der Waals surface area contributed by atoms with Crippen molar-refractivity contribution in [2.45, 2.75) is 63.3 Å². The number of amides is 1. The van der Waals surface area contributed by atoms with Crippen molar-refractivity contribution in [3.63, 3.8) is 0 Å². The third kappa shape index (κ3) is 3.37. The lowest BCUT2D eigenvalue weighted by Gasteiger charge is -2.46. The van der Waals surface area contributed by atoms with Gasteiger partial charge in [0.25, 0.3) is 0 Å². The Morgan fingerprint density at radius 3 is 2.43 bits per heavy atom. The van der Waals surface area contributed by atoms with Gasteiger partial charge in [-0.05, 0) is 44.4 Å². The monoisotopic (exact) mass is 332 g/mol. The first-order valence-corrected chi connectivity index (χ1v) is 9.30. The number of rotatable bonds is 1. The van der Waals surface area contributed by atoms with Crippen molar-refractivity contribution in [1.82, 2.24) is 4.90 Å². The fourth-order valence-corrected chi connectivity index (χ4v) is 5.57. The van der Waals surface area contributed by atoms with Gasteiger partial charge in [0.15, 0.2) is 0 Å². The maximum absolute atomic E-state index is 12.9. The van der Waals surface area contributed by atoms with E-state index < -0.39 is 0 Å². The molecule has 1 saturated heterocycles. The molecule has 3 nitrogen and oxygen atoms in total. The minimum Gasteiger partial charge on any atom is -0.338 e. The maximum Gasteiger partial charge on any atom is 0.226 e. The van der Waals surface area contributed by atoms with Gasteiger partial charge in [-0.2, -0.15) is 11.8 Å². The predicted molar refractivity (Wildman–Crippen MR) is 91.9 cm³/mol. The number of hydrogen-bond donors (Lipinski definition) is 1. The zero-order valence-electron chi connectivity index (χ0n) is 13.2. The fraction of sp³-hybridized carbons (Fsp3) is 0.938. The molecule has 2 saturated carbocycles. The Bertz CT molecular complexity index is 367. The van der Waals surface area contributed by atoms with Gasteiger partial charge >= 0.3 is 0 Å². The molecule has 4 atom stereocenters. The van der Waals surface area contributed by atoms with Crippen molar-refractivity contribution in [1.29, 1.82) is 0 Å². The largest absolute Gasteiger partial charge is 0.338 e. The number of halogens is 1. The SMILES string of the molecule is CC1SCCN(C(=O)C2CC3CCCC(C2)C3N)C1C.Cl. The second-order valence-electron chi connectivity index (χ2n) is 7.04. The molecule has 122 valence electrons. The lowest BCUT2D eigenvalue weighted by atomic mass is 9.65. The van der Waals surface area contributed by atoms with E-state index in [1.807, 2.05) is 11.8 Å². The quantitative estimate of drug-likeness (QED) is 0.803. The van der Waals surface area contributed by atoms with Crippen LogP contribution >= 0.6 is 24.2 Å². The van der Waals surface area contributed by atoms with Crippen molar-refractivity contribution in [2.24, 2.45) is 23.5 Å². The molecular weight excluding hydrogens is 304 g/mol.